The number of halogens is 1. The minimum atomic E-state index is -1.96. The van der Waals surface area contributed by atoms with Crippen molar-refractivity contribution >= 4 is 26.0 Å². The van der Waals surface area contributed by atoms with Crippen LogP contribution in [0.2, 0.25) is 23.2 Å². The molecule has 1 saturated carbocycles. The Morgan fingerprint density at radius 3 is 2.11 bits per heavy atom. The Bertz CT molecular complexity index is 673. The van der Waals surface area contributed by atoms with Crippen LogP contribution in [0.4, 0.5) is 4.79 Å². The Hall–Kier alpha value is -1.04. The molecule has 0 spiro atoms. The summed E-state index contributed by atoms with van der Waals surface area (Å²) < 4.78 is 12.3. The molecule has 158 valence electrons. The number of carbonyl (C=O) groups is 1. The zero-order chi connectivity index (χ0) is 21.3. The molecule has 1 aliphatic rings. The van der Waals surface area contributed by atoms with E-state index in [1.54, 1.807) is 0 Å². The predicted molar refractivity (Wildman–Crippen MR) is 118 cm³/mol. The van der Waals surface area contributed by atoms with Crippen molar-refractivity contribution in [3.05, 3.63) is 34.9 Å². The molecule has 0 aliphatic heterocycles. The third-order valence-corrected chi connectivity index (χ3v) is 10.3. The lowest BCUT2D eigenvalue weighted by atomic mass is 10.1. The van der Waals surface area contributed by atoms with E-state index in [4.69, 9.17) is 20.8 Å². The van der Waals surface area contributed by atoms with E-state index in [0.717, 1.165) is 18.4 Å². The van der Waals surface area contributed by atoms with Gasteiger partial charge in [0, 0.05) is 11.1 Å². The van der Waals surface area contributed by atoms with E-state index >= 15 is 0 Å². The first-order valence-corrected chi connectivity index (χ1v) is 13.4. The summed E-state index contributed by atoms with van der Waals surface area (Å²) in [4.78, 5) is 15.0. The lowest BCUT2D eigenvalue weighted by Gasteiger charge is -2.40. The van der Waals surface area contributed by atoms with E-state index < -0.39 is 13.9 Å². The highest BCUT2D eigenvalue weighted by Gasteiger charge is 2.43. The topological polar surface area (TPSA) is 38.8 Å². The Morgan fingerprint density at radius 1 is 1.14 bits per heavy atom. The van der Waals surface area contributed by atoms with Gasteiger partial charge in [0.1, 0.15) is 5.60 Å². The van der Waals surface area contributed by atoms with Gasteiger partial charge in [-0.15, -0.1) is 0 Å². The molecule has 0 bridgehead atoms. The van der Waals surface area contributed by atoms with Crippen molar-refractivity contribution in [1.82, 2.24) is 4.90 Å². The highest BCUT2D eigenvalue weighted by Crippen LogP contribution is 2.40. The van der Waals surface area contributed by atoms with Crippen LogP contribution in [0.15, 0.2) is 24.3 Å². The highest BCUT2D eigenvalue weighted by atomic mass is 35.5. The molecule has 1 fully saturated rings. The minimum Gasteiger partial charge on any atom is -0.444 e. The molecule has 1 atom stereocenters. The smallest absolute Gasteiger partial charge is 0.411 e. The molecule has 1 aromatic carbocycles. The van der Waals surface area contributed by atoms with Crippen LogP contribution in [0.25, 0.3) is 0 Å². The van der Waals surface area contributed by atoms with Crippen LogP contribution in [-0.2, 0) is 9.16 Å². The summed E-state index contributed by atoms with van der Waals surface area (Å²) in [5, 5.41) is 0.788. The fourth-order valence-electron chi connectivity index (χ4n) is 2.72. The number of ether oxygens (including phenoxy) is 1. The molecule has 0 saturated heterocycles. The van der Waals surface area contributed by atoms with Gasteiger partial charge in [-0.3, -0.25) is 4.90 Å². The molecule has 4 nitrogen and oxygen atoms in total. The molecule has 0 radical (unpaired) electrons. The van der Waals surface area contributed by atoms with Gasteiger partial charge in [0.15, 0.2) is 8.32 Å². The third-order valence-electron chi connectivity index (χ3n) is 5.54. The van der Waals surface area contributed by atoms with Crippen LogP contribution < -0.4 is 0 Å². The van der Waals surface area contributed by atoms with Crippen molar-refractivity contribution in [2.24, 2.45) is 0 Å². The van der Waals surface area contributed by atoms with E-state index in [1.165, 1.54) is 0 Å². The molecule has 6 heteroatoms. The number of nitrogens with zero attached hydrogens (tertiary/aromatic N) is 1. The molecule has 1 aliphatic carbocycles. The lowest BCUT2D eigenvalue weighted by Crippen LogP contribution is -2.46. The molecule has 1 unspecified atom stereocenters. The largest absolute Gasteiger partial charge is 0.444 e. The normalized spacial score (nSPS) is 16.6. The fourth-order valence-corrected chi connectivity index (χ4v) is 3.86. The van der Waals surface area contributed by atoms with E-state index in [-0.39, 0.29) is 23.2 Å². The molecular weight excluding hydrogens is 390 g/mol. The first kappa shape index (κ1) is 23.2. The van der Waals surface area contributed by atoms with Crippen molar-refractivity contribution < 1.29 is 14.0 Å². The molecule has 1 amide bonds. The standard InChI is InChI=1S/C22H36ClNO3Si/c1-21(2,3)27-20(25)24(18-13-14-18)19(16-9-11-17(23)12-10-16)15-26-28(7,8)22(4,5)6/h9-12,18-19H,13-15H2,1-8H3. The summed E-state index contributed by atoms with van der Waals surface area (Å²) in [6, 6.07) is 7.74. The summed E-state index contributed by atoms with van der Waals surface area (Å²) in [6.45, 7) is 17.3. The van der Waals surface area contributed by atoms with Gasteiger partial charge in [-0.2, -0.15) is 0 Å². The first-order chi connectivity index (χ1) is 12.7. The van der Waals surface area contributed by atoms with Crippen LogP contribution in [0.1, 0.15) is 66.0 Å². The van der Waals surface area contributed by atoms with Crippen LogP contribution >= 0.6 is 11.6 Å². The van der Waals surface area contributed by atoms with Gasteiger partial charge in [0.25, 0.3) is 0 Å². The second-order valence-electron chi connectivity index (χ2n) is 10.3. The predicted octanol–water partition coefficient (Wildman–Crippen LogP) is 6.80. The number of hydrogen-bond acceptors (Lipinski definition) is 3. The maximum absolute atomic E-state index is 13.1. The summed E-state index contributed by atoms with van der Waals surface area (Å²) in [5.41, 5.74) is 0.496. The van der Waals surface area contributed by atoms with Crippen LogP contribution in [0.3, 0.4) is 0 Å². The monoisotopic (exact) mass is 425 g/mol. The zero-order valence-electron chi connectivity index (χ0n) is 18.6. The Morgan fingerprint density at radius 2 is 1.68 bits per heavy atom. The van der Waals surface area contributed by atoms with Gasteiger partial charge in [-0.25, -0.2) is 4.79 Å². The van der Waals surface area contributed by atoms with Crippen LogP contribution in [0.5, 0.6) is 0 Å². The van der Waals surface area contributed by atoms with Gasteiger partial charge in [-0.1, -0.05) is 44.5 Å². The Labute approximate surface area is 176 Å². The van der Waals surface area contributed by atoms with E-state index in [2.05, 4.69) is 33.9 Å². The maximum Gasteiger partial charge on any atom is 0.411 e. The van der Waals surface area contributed by atoms with Crippen molar-refractivity contribution in [2.75, 3.05) is 6.61 Å². The molecule has 2 rings (SSSR count). The summed E-state index contributed by atoms with van der Waals surface area (Å²) in [5.74, 6) is 0. The Balaban J connectivity index is 2.33. The van der Waals surface area contributed by atoms with Gasteiger partial charge < -0.3 is 9.16 Å². The highest BCUT2D eigenvalue weighted by molar-refractivity contribution is 6.74. The van der Waals surface area contributed by atoms with E-state index in [0.29, 0.717) is 11.6 Å². The molecule has 28 heavy (non-hydrogen) atoms. The zero-order valence-corrected chi connectivity index (χ0v) is 20.4. The molecule has 0 N–H and O–H groups in total. The number of amides is 1. The quantitative estimate of drug-likeness (QED) is 0.470. The third kappa shape index (κ3) is 6.23. The molecular formula is C22H36ClNO3Si. The lowest BCUT2D eigenvalue weighted by molar-refractivity contribution is 0.00728. The second-order valence-corrected chi connectivity index (χ2v) is 15.5. The van der Waals surface area contributed by atoms with Gasteiger partial charge in [0.2, 0.25) is 0 Å². The van der Waals surface area contributed by atoms with Gasteiger partial charge in [-0.05, 0) is 69.4 Å². The van der Waals surface area contributed by atoms with Crippen molar-refractivity contribution in [3.8, 4) is 0 Å². The van der Waals surface area contributed by atoms with Crippen LogP contribution in [-0.4, -0.2) is 37.6 Å². The van der Waals surface area contributed by atoms with Crippen LogP contribution in [0, 0.1) is 0 Å². The average molecular weight is 426 g/mol. The number of hydrogen-bond donors (Lipinski definition) is 0. The van der Waals surface area contributed by atoms with E-state index in [9.17, 15) is 4.79 Å². The Kier molecular flexibility index (Phi) is 6.94. The van der Waals surface area contributed by atoms with E-state index in [1.807, 2.05) is 49.9 Å². The summed E-state index contributed by atoms with van der Waals surface area (Å²) in [6.07, 6.45) is 1.74. The summed E-state index contributed by atoms with van der Waals surface area (Å²) >= 11 is 6.10. The SMILES string of the molecule is CC(C)(C)OC(=O)N(C1CC1)C(CO[Si](C)(C)C(C)(C)C)c1ccc(Cl)cc1. The van der Waals surface area contributed by atoms with Crippen molar-refractivity contribution in [3.63, 3.8) is 0 Å². The van der Waals surface area contributed by atoms with Gasteiger partial charge >= 0.3 is 6.09 Å². The number of benzene rings is 1. The first-order valence-electron chi connectivity index (χ1n) is 10.1. The minimum absolute atomic E-state index is 0.105. The number of carbonyl (C=O) groups excluding carboxylic acids is 1. The summed E-state index contributed by atoms with van der Waals surface area (Å²) in [7, 11) is -1.96. The van der Waals surface area contributed by atoms with Gasteiger partial charge in [0.05, 0.1) is 12.6 Å². The molecule has 0 heterocycles. The molecule has 0 aromatic heterocycles. The van der Waals surface area contributed by atoms with Crippen molar-refractivity contribution in [2.45, 2.75) is 90.2 Å². The molecule has 1 aromatic rings. The van der Waals surface area contributed by atoms with Crippen molar-refractivity contribution in [1.29, 1.82) is 0 Å². The maximum atomic E-state index is 13.1. The average Bonchev–Trinajstić information content (AvgIpc) is 3.34. The number of rotatable bonds is 6. The fraction of sp³-hybridized carbons (Fsp3) is 0.682. The second kappa shape index (κ2) is 8.37.